The van der Waals surface area contributed by atoms with Crippen LogP contribution in [0.25, 0.3) is 0 Å². The van der Waals surface area contributed by atoms with Crippen molar-refractivity contribution >= 4 is 5.97 Å². The molecular weight excluding hydrogens is 201 g/mol. The van der Waals surface area contributed by atoms with Gasteiger partial charge in [0.25, 0.3) is 0 Å². The lowest BCUT2D eigenvalue weighted by Gasteiger charge is -2.22. The number of halogens is 3. The van der Waals surface area contributed by atoms with Crippen LogP contribution in [0.2, 0.25) is 0 Å². The topological polar surface area (TPSA) is 46.5 Å². The molecule has 0 aliphatic heterocycles. The van der Waals surface area contributed by atoms with E-state index < -0.39 is 30.8 Å². The van der Waals surface area contributed by atoms with E-state index in [9.17, 15) is 18.0 Å². The van der Waals surface area contributed by atoms with Crippen molar-refractivity contribution in [3.05, 3.63) is 0 Å². The molecule has 0 bridgehead atoms. The summed E-state index contributed by atoms with van der Waals surface area (Å²) in [5.41, 5.74) is -1.24. The van der Waals surface area contributed by atoms with E-state index in [2.05, 4.69) is 4.74 Å². The molecule has 0 spiro atoms. The molecular formula is C8H13F3O3. The Hall–Kier alpha value is -0.780. The van der Waals surface area contributed by atoms with E-state index >= 15 is 0 Å². The standard InChI is InChI=1S/C8H13F3O3/c1-3-7(2,6(12)13)4-14-5-8(9,10)11/h3-5H2,1-2H3,(H,12,13). The van der Waals surface area contributed by atoms with Crippen molar-refractivity contribution in [1.82, 2.24) is 0 Å². The van der Waals surface area contributed by atoms with E-state index in [-0.39, 0.29) is 6.42 Å². The van der Waals surface area contributed by atoms with Gasteiger partial charge in [-0.1, -0.05) is 6.92 Å². The average Bonchev–Trinajstić information content (AvgIpc) is 2.01. The molecule has 0 rings (SSSR count). The summed E-state index contributed by atoms with van der Waals surface area (Å²) in [6.07, 6.45) is -4.19. The fourth-order valence-electron chi connectivity index (χ4n) is 0.707. The van der Waals surface area contributed by atoms with Crippen molar-refractivity contribution in [3.63, 3.8) is 0 Å². The predicted octanol–water partition coefficient (Wildman–Crippen LogP) is 2.07. The Bertz CT molecular complexity index is 202. The summed E-state index contributed by atoms with van der Waals surface area (Å²) in [6.45, 7) is 1.10. The molecule has 0 aliphatic carbocycles. The molecule has 14 heavy (non-hydrogen) atoms. The van der Waals surface area contributed by atoms with E-state index in [1.165, 1.54) is 6.92 Å². The summed E-state index contributed by atoms with van der Waals surface area (Å²) in [6, 6.07) is 0. The minimum Gasteiger partial charge on any atom is -0.481 e. The van der Waals surface area contributed by atoms with Gasteiger partial charge in [0.1, 0.15) is 6.61 Å². The number of rotatable bonds is 5. The zero-order valence-corrected chi connectivity index (χ0v) is 8.02. The summed E-state index contributed by atoms with van der Waals surface area (Å²) >= 11 is 0. The van der Waals surface area contributed by atoms with E-state index in [1.807, 2.05) is 0 Å². The van der Waals surface area contributed by atoms with E-state index in [4.69, 9.17) is 5.11 Å². The number of alkyl halides is 3. The van der Waals surface area contributed by atoms with Gasteiger partial charge in [0, 0.05) is 0 Å². The molecule has 84 valence electrons. The second kappa shape index (κ2) is 4.63. The van der Waals surface area contributed by atoms with Gasteiger partial charge in [0.15, 0.2) is 0 Å². The Balaban J connectivity index is 4.04. The lowest BCUT2D eigenvalue weighted by Crippen LogP contribution is -2.33. The maximum Gasteiger partial charge on any atom is 0.411 e. The lowest BCUT2D eigenvalue weighted by molar-refractivity contribution is -0.185. The van der Waals surface area contributed by atoms with Crippen molar-refractivity contribution in [3.8, 4) is 0 Å². The first-order valence-corrected chi connectivity index (χ1v) is 4.09. The quantitative estimate of drug-likeness (QED) is 0.762. The van der Waals surface area contributed by atoms with Crippen LogP contribution >= 0.6 is 0 Å². The van der Waals surface area contributed by atoms with Crippen LogP contribution in [0, 0.1) is 5.41 Å². The molecule has 0 aliphatic rings. The van der Waals surface area contributed by atoms with Gasteiger partial charge in [-0.25, -0.2) is 0 Å². The zero-order chi connectivity index (χ0) is 11.4. The maximum atomic E-state index is 11.7. The third-order valence-corrected chi connectivity index (χ3v) is 1.98. The van der Waals surface area contributed by atoms with Crippen molar-refractivity contribution in [2.24, 2.45) is 5.41 Å². The van der Waals surface area contributed by atoms with Crippen LogP contribution in [0.15, 0.2) is 0 Å². The fourth-order valence-corrected chi connectivity index (χ4v) is 0.707. The van der Waals surface area contributed by atoms with E-state index in [0.717, 1.165) is 0 Å². The number of carboxylic acid groups (broad SMARTS) is 1. The van der Waals surface area contributed by atoms with Crippen molar-refractivity contribution in [1.29, 1.82) is 0 Å². The minimum atomic E-state index is -4.41. The predicted molar refractivity (Wildman–Crippen MR) is 42.9 cm³/mol. The Morgan fingerprint density at radius 3 is 2.14 bits per heavy atom. The highest BCUT2D eigenvalue weighted by Gasteiger charge is 2.34. The fraction of sp³-hybridized carbons (Fsp3) is 0.875. The van der Waals surface area contributed by atoms with Crippen LogP contribution in [-0.2, 0) is 9.53 Å². The molecule has 0 fully saturated rings. The number of carboxylic acids is 1. The van der Waals surface area contributed by atoms with Gasteiger partial charge in [0.05, 0.1) is 12.0 Å². The largest absolute Gasteiger partial charge is 0.481 e. The molecule has 0 saturated carbocycles. The van der Waals surface area contributed by atoms with Crippen LogP contribution in [0.5, 0.6) is 0 Å². The molecule has 0 aromatic rings. The summed E-state index contributed by atoms with van der Waals surface area (Å²) in [7, 11) is 0. The van der Waals surface area contributed by atoms with Gasteiger partial charge in [-0.3, -0.25) is 4.79 Å². The van der Waals surface area contributed by atoms with Crippen molar-refractivity contribution < 1.29 is 27.8 Å². The van der Waals surface area contributed by atoms with Gasteiger partial charge in [-0.2, -0.15) is 13.2 Å². The first-order valence-electron chi connectivity index (χ1n) is 4.09. The highest BCUT2D eigenvalue weighted by molar-refractivity contribution is 5.74. The monoisotopic (exact) mass is 214 g/mol. The molecule has 0 aromatic heterocycles. The minimum absolute atomic E-state index is 0.222. The number of hydrogen-bond donors (Lipinski definition) is 1. The average molecular weight is 214 g/mol. The number of carbonyl (C=O) groups is 1. The zero-order valence-electron chi connectivity index (χ0n) is 8.02. The molecule has 1 atom stereocenters. The normalized spacial score (nSPS) is 16.4. The third-order valence-electron chi connectivity index (χ3n) is 1.98. The summed E-state index contributed by atoms with van der Waals surface area (Å²) in [5, 5.41) is 8.70. The Kier molecular flexibility index (Phi) is 4.38. The molecule has 0 aromatic carbocycles. The van der Waals surface area contributed by atoms with Crippen molar-refractivity contribution in [2.75, 3.05) is 13.2 Å². The molecule has 0 heterocycles. The molecule has 1 N–H and O–H groups in total. The first kappa shape index (κ1) is 13.2. The van der Waals surface area contributed by atoms with Gasteiger partial charge < -0.3 is 9.84 Å². The number of aliphatic carboxylic acids is 1. The second-order valence-corrected chi connectivity index (χ2v) is 3.33. The molecule has 0 amide bonds. The van der Waals surface area contributed by atoms with Gasteiger partial charge in [-0.15, -0.1) is 0 Å². The summed E-state index contributed by atoms with van der Waals surface area (Å²) in [5.74, 6) is -1.15. The number of hydrogen-bond acceptors (Lipinski definition) is 2. The molecule has 3 nitrogen and oxygen atoms in total. The van der Waals surface area contributed by atoms with Gasteiger partial charge in [0.2, 0.25) is 0 Å². The summed E-state index contributed by atoms with van der Waals surface area (Å²) < 4.78 is 39.3. The lowest BCUT2D eigenvalue weighted by atomic mass is 9.89. The molecule has 6 heteroatoms. The summed E-state index contributed by atoms with van der Waals surface area (Å²) in [4.78, 5) is 10.6. The van der Waals surface area contributed by atoms with E-state index in [1.54, 1.807) is 6.92 Å². The highest BCUT2D eigenvalue weighted by atomic mass is 19.4. The maximum absolute atomic E-state index is 11.7. The highest BCUT2D eigenvalue weighted by Crippen LogP contribution is 2.23. The smallest absolute Gasteiger partial charge is 0.411 e. The molecule has 1 unspecified atom stereocenters. The third kappa shape index (κ3) is 4.45. The van der Waals surface area contributed by atoms with Crippen molar-refractivity contribution in [2.45, 2.75) is 26.4 Å². The van der Waals surface area contributed by atoms with Gasteiger partial charge in [-0.05, 0) is 13.3 Å². The second-order valence-electron chi connectivity index (χ2n) is 3.33. The first-order chi connectivity index (χ1) is 6.21. The number of ether oxygens (including phenoxy) is 1. The molecule has 0 radical (unpaired) electrons. The Morgan fingerprint density at radius 2 is 1.86 bits per heavy atom. The van der Waals surface area contributed by atoms with Crippen LogP contribution in [0.3, 0.4) is 0 Å². The van der Waals surface area contributed by atoms with Crippen LogP contribution in [-0.4, -0.2) is 30.5 Å². The van der Waals surface area contributed by atoms with Crippen LogP contribution in [0.1, 0.15) is 20.3 Å². The van der Waals surface area contributed by atoms with Gasteiger partial charge >= 0.3 is 12.1 Å². The van der Waals surface area contributed by atoms with Crippen LogP contribution < -0.4 is 0 Å². The van der Waals surface area contributed by atoms with Crippen LogP contribution in [0.4, 0.5) is 13.2 Å². The molecule has 0 saturated heterocycles. The van der Waals surface area contributed by atoms with E-state index in [0.29, 0.717) is 0 Å². The SMILES string of the molecule is CCC(C)(COCC(F)(F)F)C(=O)O. The Labute approximate surface area is 79.9 Å². The Morgan fingerprint density at radius 1 is 1.36 bits per heavy atom.